The van der Waals surface area contributed by atoms with Gasteiger partial charge < -0.3 is 10.8 Å². The van der Waals surface area contributed by atoms with E-state index in [4.69, 9.17) is 5.73 Å². The number of aryl methyl sites for hydroxylation is 1. The Labute approximate surface area is 124 Å². The predicted molar refractivity (Wildman–Crippen MR) is 82.2 cm³/mol. The van der Waals surface area contributed by atoms with E-state index in [1.807, 2.05) is 6.07 Å². The molecule has 0 heterocycles. The summed E-state index contributed by atoms with van der Waals surface area (Å²) in [6, 6.07) is 13.1. The predicted octanol–water partition coefficient (Wildman–Crippen LogP) is 1.59. The molecule has 0 fully saturated rings. The Morgan fingerprint density at radius 1 is 1.14 bits per heavy atom. The summed E-state index contributed by atoms with van der Waals surface area (Å²) in [5, 5.41) is 9.47. The number of aliphatic hydroxyl groups is 1. The van der Waals surface area contributed by atoms with Gasteiger partial charge in [0.1, 0.15) is 4.90 Å². The number of benzene rings is 2. The minimum Gasteiger partial charge on any atom is -0.398 e. The molecule has 4 N–H and O–H groups in total. The third-order valence-corrected chi connectivity index (χ3v) is 4.88. The van der Waals surface area contributed by atoms with E-state index in [0.717, 1.165) is 0 Å². The van der Waals surface area contributed by atoms with Crippen LogP contribution in [0.15, 0.2) is 53.4 Å². The molecule has 2 aromatic rings. The molecular formula is C15H18N2O3S. The van der Waals surface area contributed by atoms with Crippen molar-refractivity contribution in [3.05, 3.63) is 59.7 Å². The minimum atomic E-state index is -3.82. The van der Waals surface area contributed by atoms with Crippen molar-refractivity contribution in [2.24, 2.45) is 0 Å². The second-order valence-electron chi connectivity index (χ2n) is 4.76. The van der Waals surface area contributed by atoms with Crippen LogP contribution in [0.2, 0.25) is 0 Å². The molecule has 0 saturated heterocycles. The zero-order valence-corrected chi connectivity index (χ0v) is 12.5. The molecule has 1 atom stereocenters. The van der Waals surface area contributed by atoms with Crippen LogP contribution in [0.3, 0.4) is 0 Å². The topological polar surface area (TPSA) is 92.4 Å². The molecule has 0 amide bonds. The van der Waals surface area contributed by atoms with Gasteiger partial charge in [0.2, 0.25) is 10.0 Å². The highest BCUT2D eigenvalue weighted by molar-refractivity contribution is 7.89. The SMILES string of the molecule is Cc1cccc(N)c1S(=O)(=O)N[C@H](CO)c1ccccc1. The normalized spacial score (nSPS) is 13.0. The number of sulfonamides is 1. The molecule has 0 unspecified atom stereocenters. The number of hydrogen-bond acceptors (Lipinski definition) is 4. The maximum Gasteiger partial charge on any atom is 0.243 e. The number of hydrogen-bond donors (Lipinski definition) is 3. The van der Waals surface area contributed by atoms with E-state index < -0.39 is 16.1 Å². The standard InChI is InChI=1S/C15H18N2O3S/c1-11-6-5-9-13(16)15(11)21(19,20)17-14(10-18)12-7-3-2-4-8-12/h2-9,14,17-18H,10,16H2,1H3/t14-/m1/s1. The Bertz CT molecular complexity index is 695. The molecule has 6 heteroatoms. The smallest absolute Gasteiger partial charge is 0.243 e. The van der Waals surface area contributed by atoms with Crippen molar-refractivity contribution in [1.82, 2.24) is 4.72 Å². The summed E-state index contributed by atoms with van der Waals surface area (Å²) in [5.74, 6) is 0. The fraction of sp³-hybridized carbons (Fsp3) is 0.200. The molecule has 2 aromatic carbocycles. The van der Waals surface area contributed by atoms with Crippen molar-refractivity contribution in [2.75, 3.05) is 12.3 Å². The summed E-state index contributed by atoms with van der Waals surface area (Å²) in [7, 11) is -3.82. The third-order valence-electron chi connectivity index (χ3n) is 3.19. The number of aliphatic hydroxyl groups excluding tert-OH is 1. The van der Waals surface area contributed by atoms with Crippen LogP contribution in [0.4, 0.5) is 5.69 Å². The van der Waals surface area contributed by atoms with Gasteiger partial charge in [-0.25, -0.2) is 13.1 Å². The lowest BCUT2D eigenvalue weighted by molar-refractivity contribution is 0.259. The molecule has 0 saturated carbocycles. The van der Waals surface area contributed by atoms with Gasteiger partial charge in [0.25, 0.3) is 0 Å². The summed E-state index contributed by atoms with van der Waals surface area (Å²) in [4.78, 5) is 0.0550. The minimum absolute atomic E-state index is 0.0550. The van der Waals surface area contributed by atoms with E-state index >= 15 is 0 Å². The Morgan fingerprint density at radius 2 is 1.81 bits per heavy atom. The molecule has 0 aromatic heterocycles. The summed E-state index contributed by atoms with van der Waals surface area (Å²) in [5.41, 5.74) is 7.22. The average Bonchev–Trinajstić information content (AvgIpc) is 2.45. The largest absolute Gasteiger partial charge is 0.398 e. The van der Waals surface area contributed by atoms with Crippen LogP contribution in [-0.2, 0) is 10.0 Å². The van der Waals surface area contributed by atoms with Crippen LogP contribution in [0.25, 0.3) is 0 Å². The van der Waals surface area contributed by atoms with Gasteiger partial charge in [0.15, 0.2) is 0 Å². The number of nitrogen functional groups attached to an aromatic ring is 1. The maximum absolute atomic E-state index is 12.5. The molecule has 0 bridgehead atoms. The van der Waals surface area contributed by atoms with E-state index in [1.165, 1.54) is 6.07 Å². The highest BCUT2D eigenvalue weighted by Crippen LogP contribution is 2.24. The second-order valence-corrected chi connectivity index (χ2v) is 6.41. The monoisotopic (exact) mass is 306 g/mol. The van der Waals surface area contributed by atoms with E-state index in [2.05, 4.69) is 4.72 Å². The van der Waals surface area contributed by atoms with Crippen LogP contribution in [0.1, 0.15) is 17.2 Å². The van der Waals surface area contributed by atoms with E-state index in [-0.39, 0.29) is 17.2 Å². The Morgan fingerprint density at radius 3 is 2.38 bits per heavy atom. The molecule has 0 spiro atoms. The number of nitrogens with two attached hydrogens (primary N) is 1. The molecule has 112 valence electrons. The van der Waals surface area contributed by atoms with Gasteiger partial charge in [-0.15, -0.1) is 0 Å². The molecule has 0 aliphatic carbocycles. The van der Waals surface area contributed by atoms with Gasteiger partial charge in [-0.1, -0.05) is 42.5 Å². The van der Waals surface area contributed by atoms with Crippen molar-refractivity contribution >= 4 is 15.7 Å². The zero-order valence-electron chi connectivity index (χ0n) is 11.7. The van der Waals surface area contributed by atoms with Crippen LogP contribution in [0.5, 0.6) is 0 Å². The first-order valence-corrected chi connectivity index (χ1v) is 7.97. The summed E-state index contributed by atoms with van der Waals surface area (Å²) < 4.78 is 27.5. The first kappa shape index (κ1) is 15.5. The lowest BCUT2D eigenvalue weighted by atomic mass is 10.1. The average molecular weight is 306 g/mol. The van der Waals surface area contributed by atoms with Crippen molar-refractivity contribution in [1.29, 1.82) is 0 Å². The van der Waals surface area contributed by atoms with E-state index in [9.17, 15) is 13.5 Å². The van der Waals surface area contributed by atoms with Gasteiger partial charge in [-0.05, 0) is 24.1 Å². The third kappa shape index (κ3) is 3.41. The summed E-state index contributed by atoms with van der Waals surface area (Å²) in [6.45, 7) is 1.34. The zero-order chi connectivity index (χ0) is 15.5. The first-order valence-electron chi connectivity index (χ1n) is 6.49. The Hall–Kier alpha value is -1.89. The lowest BCUT2D eigenvalue weighted by Crippen LogP contribution is -2.31. The molecule has 0 aliphatic heterocycles. The van der Waals surface area contributed by atoms with Crippen LogP contribution < -0.4 is 10.5 Å². The molecule has 0 aliphatic rings. The highest BCUT2D eigenvalue weighted by atomic mass is 32.2. The molecule has 5 nitrogen and oxygen atoms in total. The highest BCUT2D eigenvalue weighted by Gasteiger charge is 2.24. The van der Waals surface area contributed by atoms with E-state index in [0.29, 0.717) is 11.1 Å². The van der Waals surface area contributed by atoms with Gasteiger partial charge in [0.05, 0.1) is 18.3 Å². The lowest BCUT2D eigenvalue weighted by Gasteiger charge is -2.18. The van der Waals surface area contributed by atoms with Crippen LogP contribution in [0, 0.1) is 6.92 Å². The quantitative estimate of drug-likeness (QED) is 0.731. The summed E-state index contributed by atoms with van der Waals surface area (Å²) in [6.07, 6.45) is 0. The second kappa shape index (κ2) is 6.26. The Balaban J connectivity index is 2.37. The number of anilines is 1. The fourth-order valence-corrected chi connectivity index (χ4v) is 3.76. The van der Waals surface area contributed by atoms with Crippen molar-refractivity contribution in [2.45, 2.75) is 17.9 Å². The number of rotatable bonds is 5. The van der Waals surface area contributed by atoms with Gasteiger partial charge >= 0.3 is 0 Å². The van der Waals surface area contributed by atoms with Crippen molar-refractivity contribution in [3.8, 4) is 0 Å². The van der Waals surface area contributed by atoms with Crippen molar-refractivity contribution < 1.29 is 13.5 Å². The van der Waals surface area contributed by atoms with Gasteiger partial charge in [-0.2, -0.15) is 0 Å². The summed E-state index contributed by atoms with van der Waals surface area (Å²) >= 11 is 0. The van der Waals surface area contributed by atoms with Crippen molar-refractivity contribution in [3.63, 3.8) is 0 Å². The molecule has 2 rings (SSSR count). The van der Waals surface area contributed by atoms with E-state index in [1.54, 1.807) is 43.3 Å². The molecule has 21 heavy (non-hydrogen) atoms. The van der Waals surface area contributed by atoms with Gasteiger partial charge in [0, 0.05) is 0 Å². The fourth-order valence-electron chi connectivity index (χ4n) is 2.18. The van der Waals surface area contributed by atoms with Crippen LogP contribution in [-0.4, -0.2) is 20.1 Å². The number of nitrogens with one attached hydrogen (secondary N) is 1. The molecular weight excluding hydrogens is 288 g/mol. The first-order chi connectivity index (χ1) is 9.95. The maximum atomic E-state index is 12.5. The van der Waals surface area contributed by atoms with Crippen LogP contribution >= 0.6 is 0 Å². The molecule has 0 radical (unpaired) electrons. The Kier molecular flexibility index (Phi) is 4.62. The van der Waals surface area contributed by atoms with Gasteiger partial charge in [-0.3, -0.25) is 0 Å².